The largest absolute Gasteiger partial charge is 0.381 e. The summed E-state index contributed by atoms with van der Waals surface area (Å²) in [6, 6.07) is 7.02. The van der Waals surface area contributed by atoms with Gasteiger partial charge in [0.05, 0.1) is 5.41 Å². The summed E-state index contributed by atoms with van der Waals surface area (Å²) < 4.78 is 18.7. The normalized spacial score (nSPS) is 20.5. The van der Waals surface area contributed by atoms with Crippen LogP contribution in [0.25, 0.3) is 0 Å². The summed E-state index contributed by atoms with van der Waals surface area (Å²) >= 11 is 0. The minimum atomic E-state index is -0.593. The number of nitrogens with one attached hydrogen (secondary N) is 1. The van der Waals surface area contributed by atoms with Crippen molar-refractivity contribution in [2.75, 3.05) is 33.4 Å². The fourth-order valence-electron chi connectivity index (χ4n) is 3.35. The van der Waals surface area contributed by atoms with Crippen LogP contribution in [-0.4, -0.2) is 50.2 Å². The molecule has 0 aromatic heterocycles. The Morgan fingerprint density at radius 2 is 1.96 bits per heavy atom. The lowest BCUT2D eigenvalue weighted by Crippen LogP contribution is -2.49. The highest BCUT2D eigenvalue weighted by Gasteiger charge is 2.41. The van der Waals surface area contributed by atoms with E-state index in [9.17, 15) is 9.18 Å². The summed E-state index contributed by atoms with van der Waals surface area (Å²) in [6.45, 7) is 2.64. The monoisotopic (exact) mass is 320 g/mol. The molecule has 1 saturated heterocycles. The third kappa shape index (κ3) is 3.72. The number of ether oxygens (including phenoxy) is 1. The summed E-state index contributed by atoms with van der Waals surface area (Å²) in [5.41, 5.74) is 0.291. The van der Waals surface area contributed by atoms with Gasteiger partial charge < -0.3 is 15.0 Å². The molecule has 3 rings (SSSR count). The second-order valence-corrected chi connectivity index (χ2v) is 6.67. The van der Waals surface area contributed by atoms with Crippen molar-refractivity contribution in [1.82, 2.24) is 10.2 Å². The first-order chi connectivity index (χ1) is 11.1. The van der Waals surface area contributed by atoms with Crippen LogP contribution in [0.4, 0.5) is 4.39 Å². The van der Waals surface area contributed by atoms with Crippen LogP contribution in [0.5, 0.6) is 0 Å². The number of rotatable bonds is 6. The number of nitrogens with zero attached hydrogens (tertiary/aromatic N) is 1. The highest BCUT2D eigenvalue weighted by molar-refractivity contribution is 5.88. The van der Waals surface area contributed by atoms with Gasteiger partial charge in [-0.2, -0.15) is 0 Å². The molecule has 1 amide bonds. The zero-order valence-corrected chi connectivity index (χ0v) is 13.7. The van der Waals surface area contributed by atoms with E-state index in [1.165, 1.54) is 25.0 Å². The predicted octanol–water partition coefficient (Wildman–Crippen LogP) is 2.08. The quantitative estimate of drug-likeness (QED) is 0.872. The number of likely N-dealkylation sites (N-methyl/N-ethyl adjacent to an activating group) is 1. The number of hydrogen-bond acceptors (Lipinski definition) is 3. The number of carbonyl (C=O) groups is 1. The van der Waals surface area contributed by atoms with E-state index >= 15 is 0 Å². The van der Waals surface area contributed by atoms with Gasteiger partial charge in [0.1, 0.15) is 5.82 Å². The molecule has 0 atom stereocenters. The molecule has 5 heteroatoms. The van der Waals surface area contributed by atoms with Gasteiger partial charge in [-0.15, -0.1) is 0 Å². The lowest BCUT2D eigenvalue weighted by Gasteiger charge is -2.36. The second-order valence-electron chi connectivity index (χ2n) is 6.67. The van der Waals surface area contributed by atoms with Crippen molar-refractivity contribution in [3.05, 3.63) is 35.6 Å². The zero-order chi connectivity index (χ0) is 16.3. The maximum Gasteiger partial charge on any atom is 0.230 e. The molecular weight excluding hydrogens is 295 g/mol. The van der Waals surface area contributed by atoms with Crippen LogP contribution in [0.1, 0.15) is 31.2 Å². The summed E-state index contributed by atoms with van der Waals surface area (Å²) in [5.74, 6) is -0.237. The van der Waals surface area contributed by atoms with E-state index in [1.807, 2.05) is 0 Å². The van der Waals surface area contributed by atoms with E-state index in [0.29, 0.717) is 38.6 Å². The molecule has 1 aromatic rings. The molecule has 0 radical (unpaired) electrons. The van der Waals surface area contributed by atoms with Crippen molar-refractivity contribution in [2.24, 2.45) is 0 Å². The Hall–Kier alpha value is -1.46. The summed E-state index contributed by atoms with van der Waals surface area (Å²) in [6.07, 6.45) is 3.81. The standard InChI is InChI=1S/C18H25FN2O2/c1-21(16-6-7-16)11-10-20-17(22)18(8-12-23-13-9-18)14-2-4-15(19)5-3-14/h2-5,16H,6-13H2,1H3,(H,20,22). The van der Waals surface area contributed by atoms with Crippen LogP contribution in [0.15, 0.2) is 24.3 Å². The first-order valence-electron chi connectivity index (χ1n) is 8.44. The Morgan fingerprint density at radius 1 is 1.30 bits per heavy atom. The van der Waals surface area contributed by atoms with Crippen molar-refractivity contribution < 1.29 is 13.9 Å². The summed E-state index contributed by atoms with van der Waals surface area (Å²) in [7, 11) is 2.11. The van der Waals surface area contributed by atoms with Crippen LogP contribution in [0, 0.1) is 5.82 Å². The topological polar surface area (TPSA) is 41.6 Å². The molecule has 1 aliphatic carbocycles. The SMILES string of the molecule is CN(CCNC(=O)C1(c2ccc(F)cc2)CCOCC1)C1CC1. The molecule has 1 heterocycles. The number of benzene rings is 1. The van der Waals surface area contributed by atoms with Gasteiger partial charge in [0.2, 0.25) is 5.91 Å². The van der Waals surface area contributed by atoms with E-state index in [1.54, 1.807) is 12.1 Å². The lowest BCUT2D eigenvalue weighted by molar-refractivity contribution is -0.130. The number of halogens is 1. The van der Waals surface area contributed by atoms with Crippen molar-refractivity contribution in [3.63, 3.8) is 0 Å². The number of amides is 1. The van der Waals surface area contributed by atoms with Crippen LogP contribution in [0.3, 0.4) is 0 Å². The van der Waals surface area contributed by atoms with Gasteiger partial charge in [-0.3, -0.25) is 4.79 Å². The van der Waals surface area contributed by atoms with Crippen LogP contribution < -0.4 is 5.32 Å². The third-order valence-electron chi connectivity index (χ3n) is 5.10. The molecule has 2 aliphatic rings. The summed E-state index contributed by atoms with van der Waals surface area (Å²) in [5, 5.41) is 3.09. The van der Waals surface area contributed by atoms with Crippen molar-refractivity contribution in [1.29, 1.82) is 0 Å². The fraction of sp³-hybridized carbons (Fsp3) is 0.611. The molecule has 1 saturated carbocycles. The van der Waals surface area contributed by atoms with E-state index < -0.39 is 5.41 Å². The molecule has 126 valence electrons. The van der Waals surface area contributed by atoms with Gasteiger partial charge in [0, 0.05) is 32.3 Å². The van der Waals surface area contributed by atoms with Crippen molar-refractivity contribution in [2.45, 2.75) is 37.1 Å². The van der Waals surface area contributed by atoms with Gasteiger partial charge in [-0.25, -0.2) is 4.39 Å². The molecule has 1 aromatic carbocycles. The number of carbonyl (C=O) groups excluding carboxylic acids is 1. The second kappa shape index (κ2) is 6.97. The van der Waals surface area contributed by atoms with Gasteiger partial charge in [-0.1, -0.05) is 12.1 Å². The first kappa shape index (κ1) is 16.4. The average Bonchev–Trinajstić information content (AvgIpc) is 3.41. The molecule has 2 fully saturated rings. The first-order valence-corrected chi connectivity index (χ1v) is 8.44. The summed E-state index contributed by atoms with van der Waals surface area (Å²) in [4.78, 5) is 15.2. The van der Waals surface area contributed by atoms with Gasteiger partial charge in [-0.05, 0) is 50.4 Å². The molecule has 4 nitrogen and oxygen atoms in total. The van der Waals surface area contributed by atoms with Gasteiger partial charge >= 0.3 is 0 Å². The predicted molar refractivity (Wildman–Crippen MR) is 86.8 cm³/mol. The Kier molecular flexibility index (Phi) is 4.97. The van der Waals surface area contributed by atoms with E-state index in [4.69, 9.17) is 4.74 Å². The van der Waals surface area contributed by atoms with Gasteiger partial charge in [0.15, 0.2) is 0 Å². The van der Waals surface area contributed by atoms with Gasteiger partial charge in [0.25, 0.3) is 0 Å². The smallest absolute Gasteiger partial charge is 0.230 e. The molecule has 0 unspecified atom stereocenters. The lowest BCUT2D eigenvalue weighted by atomic mass is 9.73. The van der Waals surface area contributed by atoms with E-state index in [-0.39, 0.29) is 11.7 Å². The highest BCUT2D eigenvalue weighted by atomic mass is 19.1. The third-order valence-corrected chi connectivity index (χ3v) is 5.10. The van der Waals surface area contributed by atoms with Crippen LogP contribution in [0.2, 0.25) is 0 Å². The zero-order valence-electron chi connectivity index (χ0n) is 13.7. The molecule has 1 N–H and O–H groups in total. The molecule has 0 spiro atoms. The Morgan fingerprint density at radius 3 is 2.57 bits per heavy atom. The van der Waals surface area contributed by atoms with Crippen molar-refractivity contribution >= 4 is 5.91 Å². The van der Waals surface area contributed by atoms with E-state index in [2.05, 4.69) is 17.3 Å². The minimum absolute atomic E-state index is 0.0385. The highest BCUT2D eigenvalue weighted by Crippen LogP contribution is 2.35. The van der Waals surface area contributed by atoms with Crippen LogP contribution >= 0.6 is 0 Å². The average molecular weight is 320 g/mol. The maximum atomic E-state index is 13.2. The molecule has 1 aliphatic heterocycles. The Bertz CT molecular complexity index is 536. The molecule has 0 bridgehead atoms. The number of hydrogen-bond donors (Lipinski definition) is 1. The molecular formula is C18H25FN2O2. The van der Waals surface area contributed by atoms with Crippen LogP contribution in [-0.2, 0) is 14.9 Å². The minimum Gasteiger partial charge on any atom is -0.381 e. The Balaban J connectivity index is 1.67. The van der Waals surface area contributed by atoms with E-state index in [0.717, 1.165) is 12.1 Å². The van der Waals surface area contributed by atoms with Crippen molar-refractivity contribution in [3.8, 4) is 0 Å². The Labute approximate surface area is 137 Å². The molecule has 23 heavy (non-hydrogen) atoms. The maximum absolute atomic E-state index is 13.2. The fourth-order valence-corrected chi connectivity index (χ4v) is 3.35.